The van der Waals surface area contributed by atoms with E-state index in [1.807, 2.05) is 17.0 Å². The SMILES string of the molecule is O=C1COc2ccc(C(=O)Nc3ccc(CC(=O)N4CCN(c5ncccn5)CC4)cc3)cc2N1. The molecule has 0 radical (unpaired) electrons. The molecule has 3 amide bonds. The van der Waals surface area contributed by atoms with Gasteiger partial charge in [0, 0.05) is 49.8 Å². The number of hydrogen-bond acceptors (Lipinski definition) is 7. The van der Waals surface area contributed by atoms with Crippen molar-refractivity contribution in [1.29, 1.82) is 0 Å². The second-order valence-electron chi connectivity index (χ2n) is 8.29. The lowest BCUT2D eigenvalue weighted by molar-refractivity contribution is -0.130. The molecule has 1 fully saturated rings. The van der Waals surface area contributed by atoms with E-state index in [9.17, 15) is 14.4 Å². The zero-order valence-electron chi connectivity index (χ0n) is 18.9. The maximum absolute atomic E-state index is 12.8. The number of rotatable bonds is 5. The molecule has 178 valence electrons. The van der Waals surface area contributed by atoms with Crippen molar-refractivity contribution in [3.63, 3.8) is 0 Å². The Balaban J connectivity index is 1.14. The van der Waals surface area contributed by atoms with Crippen LogP contribution in [-0.4, -0.2) is 65.4 Å². The standard InChI is InChI=1S/C25H24N6O4/c32-22-16-35-21-7-4-18(15-20(21)29-22)24(34)28-19-5-2-17(3-6-19)14-23(33)30-10-12-31(13-11-30)25-26-8-1-9-27-25/h1-9,15H,10-14,16H2,(H,28,34)(H,29,32). The molecule has 2 aromatic carbocycles. The average Bonchev–Trinajstić information content (AvgIpc) is 2.90. The zero-order valence-corrected chi connectivity index (χ0v) is 18.9. The molecule has 0 spiro atoms. The van der Waals surface area contributed by atoms with E-state index in [2.05, 4.69) is 25.5 Å². The van der Waals surface area contributed by atoms with Crippen LogP contribution in [0.25, 0.3) is 0 Å². The van der Waals surface area contributed by atoms with Crippen molar-refractivity contribution >= 4 is 35.0 Å². The molecule has 10 nitrogen and oxygen atoms in total. The van der Waals surface area contributed by atoms with E-state index in [4.69, 9.17) is 4.74 Å². The van der Waals surface area contributed by atoms with Gasteiger partial charge in [0.25, 0.3) is 11.8 Å². The summed E-state index contributed by atoms with van der Waals surface area (Å²) in [5.74, 6) is 0.716. The molecule has 1 aromatic heterocycles. The summed E-state index contributed by atoms with van der Waals surface area (Å²) < 4.78 is 5.32. The van der Waals surface area contributed by atoms with Crippen molar-refractivity contribution in [3.8, 4) is 5.75 Å². The van der Waals surface area contributed by atoms with Crippen LogP contribution in [0.5, 0.6) is 5.75 Å². The van der Waals surface area contributed by atoms with Gasteiger partial charge in [0.15, 0.2) is 6.61 Å². The van der Waals surface area contributed by atoms with Crippen LogP contribution in [0.4, 0.5) is 17.3 Å². The first-order valence-electron chi connectivity index (χ1n) is 11.3. The Morgan fingerprint density at radius 1 is 1.00 bits per heavy atom. The van der Waals surface area contributed by atoms with Gasteiger partial charge in [0.05, 0.1) is 12.1 Å². The Morgan fingerprint density at radius 3 is 2.49 bits per heavy atom. The zero-order chi connectivity index (χ0) is 24.2. The molecule has 10 heteroatoms. The second kappa shape index (κ2) is 9.80. The van der Waals surface area contributed by atoms with E-state index in [1.54, 1.807) is 48.8 Å². The van der Waals surface area contributed by atoms with Crippen LogP contribution < -0.4 is 20.3 Å². The largest absolute Gasteiger partial charge is 0.482 e. The van der Waals surface area contributed by atoms with E-state index >= 15 is 0 Å². The van der Waals surface area contributed by atoms with Crippen LogP contribution in [0.2, 0.25) is 0 Å². The van der Waals surface area contributed by atoms with Gasteiger partial charge in [-0.15, -0.1) is 0 Å². The van der Waals surface area contributed by atoms with Crippen molar-refractivity contribution < 1.29 is 19.1 Å². The number of nitrogens with zero attached hydrogens (tertiary/aromatic N) is 4. The monoisotopic (exact) mass is 472 g/mol. The molecule has 0 atom stereocenters. The number of piperazine rings is 1. The minimum Gasteiger partial charge on any atom is -0.482 e. The minimum absolute atomic E-state index is 0.0355. The average molecular weight is 473 g/mol. The summed E-state index contributed by atoms with van der Waals surface area (Å²) in [5.41, 5.74) is 2.35. The summed E-state index contributed by atoms with van der Waals surface area (Å²) in [7, 11) is 0. The molecule has 2 aliphatic rings. The van der Waals surface area contributed by atoms with Crippen molar-refractivity contribution in [3.05, 3.63) is 72.1 Å². The predicted molar refractivity (Wildman–Crippen MR) is 129 cm³/mol. The van der Waals surface area contributed by atoms with Crippen LogP contribution >= 0.6 is 0 Å². The summed E-state index contributed by atoms with van der Waals surface area (Å²) >= 11 is 0. The van der Waals surface area contributed by atoms with Crippen LogP contribution in [0.1, 0.15) is 15.9 Å². The third kappa shape index (κ3) is 5.21. The molecule has 5 rings (SSSR count). The van der Waals surface area contributed by atoms with Crippen molar-refractivity contribution in [1.82, 2.24) is 14.9 Å². The highest BCUT2D eigenvalue weighted by atomic mass is 16.5. The molecule has 3 aromatic rings. The lowest BCUT2D eigenvalue weighted by atomic mass is 10.1. The lowest BCUT2D eigenvalue weighted by Gasteiger charge is -2.34. The number of nitrogens with one attached hydrogen (secondary N) is 2. The molecular formula is C25H24N6O4. The van der Waals surface area contributed by atoms with Crippen molar-refractivity contribution in [2.24, 2.45) is 0 Å². The fourth-order valence-corrected chi connectivity index (χ4v) is 4.03. The van der Waals surface area contributed by atoms with Gasteiger partial charge in [0.1, 0.15) is 5.75 Å². The number of amides is 3. The highest BCUT2D eigenvalue weighted by Crippen LogP contribution is 2.28. The predicted octanol–water partition coefficient (Wildman–Crippen LogP) is 1.95. The first kappa shape index (κ1) is 22.3. The van der Waals surface area contributed by atoms with Gasteiger partial charge in [-0.3, -0.25) is 14.4 Å². The summed E-state index contributed by atoms with van der Waals surface area (Å²) in [5, 5.41) is 5.53. The highest BCUT2D eigenvalue weighted by molar-refractivity contribution is 6.06. The minimum atomic E-state index is -0.309. The third-order valence-electron chi connectivity index (χ3n) is 5.91. The number of hydrogen-bond donors (Lipinski definition) is 2. The molecular weight excluding hydrogens is 448 g/mol. The van der Waals surface area contributed by atoms with Crippen molar-refractivity contribution in [2.75, 3.05) is 48.3 Å². The van der Waals surface area contributed by atoms with E-state index in [-0.39, 0.29) is 24.3 Å². The normalized spacial score (nSPS) is 15.0. The van der Waals surface area contributed by atoms with E-state index < -0.39 is 0 Å². The first-order valence-corrected chi connectivity index (χ1v) is 11.3. The number of fused-ring (bicyclic) bond motifs is 1. The Bertz CT molecular complexity index is 1240. The first-order chi connectivity index (χ1) is 17.0. The van der Waals surface area contributed by atoms with Crippen LogP contribution in [-0.2, 0) is 16.0 Å². The summed E-state index contributed by atoms with van der Waals surface area (Å²) in [4.78, 5) is 49.4. The number of benzene rings is 2. The molecule has 2 N–H and O–H groups in total. The van der Waals surface area contributed by atoms with Crippen LogP contribution in [0.15, 0.2) is 60.9 Å². The second-order valence-corrected chi connectivity index (χ2v) is 8.29. The fourth-order valence-electron chi connectivity index (χ4n) is 4.03. The maximum atomic E-state index is 12.8. The lowest BCUT2D eigenvalue weighted by Crippen LogP contribution is -2.49. The Morgan fingerprint density at radius 2 is 1.74 bits per heavy atom. The van der Waals surface area contributed by atoms with E-state index in [1.165, 1.54) is 0 Å². The van der Waals surface area contributed by atoms with Gasteiger partial charge in [-0.25, -0.2) is 9.97 Å². The molecule has 2 aliphatic heterocycles. The molecule has 0 unspecified atom stereocenters. The van der Waals surface area contributed by atoms with Crippen LogP contribution in [0, 0.1) is 0 Å². The van der Waals surface area contributed by atoms with Gasteiger partial charge in [-0.2, -0.15) is 0 Å². The number of carbonyl (C=O) groups is 3. The topological polar surface area (TPSA) is 117 Å². The van der Waals surface area contributed by atoms with Gasteiger partial charge >= 0.3 is 0 Å². The van der Waals surface area contributed by atoms with Gasteiger partial charge in [0.2, 0.25) is 11.9 Å². The Kier molecular flexibility index (Phi) is 6.25. The number of aromatic nitrogens is 2. The maximum Gasteiger partial charge on any atom is 0.262 e. The van der Waals surface area contributed by atoms with E-state index in [0.717, 1.165) is 5.56 Å². The molecule has 0 bridgehead atoms. The number of ether oxygens (including phenoxy) is 1. The van der Waals surface area contributed by atoms with Crippen molar-refractivity contribution in [2.45, 2.75) is 6.42 Å². The molecule has 3 heterocycles. The molecule has 1 saturated heterocycles. The smallest absolute Gasteiger partial charge is 0.262 e. The number of carbonyl (C=O) groups excluding carboxylic acids is 3. The molecule has 0 aliphatic carbocycles. The van der Waals surface area contributed by atoms with Crippen LogP contribution in [0.3, 0.4) is 0 Å². The van der Waals surface area contributed by atoms with E-state index in [0.29, 0.717) is 61.2 Å². The highest BCUT2D eigenvalue weighted by Gasteiger charge is 2.22. The summed E-state index contributed by atoms with van der Waals surface area (Å²) in [6.07, 6.45) is 3.72. The molecule has 0 saturated carbocycles. The van der Waals surface area contributed by atoms with Gasteiger partial charge in [-0.05, 0) is 42.0 Å². The fraction of sp³-hybridized carbons (Fsp3) is 0.240. The summed E-state index contributed by atoms with van der Waals surface area (Å²) in [6.45, 7) is 2.60. The Hall–Kier alpha value is -4.47. The Labute approximate surface area is 201 Å². The third-order valence-corrected chi connectivity index (χ3v) is 5.91. The molecule has 35 heavy (non-hydrogen) atoms. The van der Waals surface area contributed by atoms with Gasteiger partial charge < -0.3 is 25.2 Å². The summed E-state index contributed by atoms with van der Waals surface area (Å²) in [6, 6.07) is 13.9. The quantitative estimate of drug-likeness (QED) is 0.583. The van der Waals surface area contributed by atoms with Gasteiger partial charge in [-0.1, -0.05) is 12.1 Å². The number of anilines is 3.